The molecule has 3 rings (SSSR count). The third-order valence-corrected chi connectivity index (χ3v) is 3.12. The summed E-state index contributed by atoms with van der Waals surface area (Å²) < 4.78 is 5.24. The number of carboxylic acids is 1. The van der Waals surface area contributed by atoms with Gasteiger partial charge in [-0.3, -0.25) is 0 Å². The van der Waals surface area contributed by atoms with Crippen LogP contribution in [0.1, 0.15) is 10.4 Å². The van der Waals surface area contributed by atoms with E-state index < -0.39 is 5.97 Å². The Bertz CT molecular complexity index is 869. The number of aromatic nitrogens is 2. The van der Waals surface area contributed by atoms with Crippen LogP contribution in [-0.2, 0) is 0 Å². The van der Waals surface area contributed by atoms with Gasteiger partial charge in [0.25, 0.3) is 5.89 Å². The highest BCUT2D eigenvalue weighted by Crippen LogP contribution is 2.24. The van der Waals surface area contributed by atoms with Crippen molar-refractivity contribution in [1.82, 2.24) is 10.1 Å². The molecule has 0 unspecified atom stereocenters. The number of carbonyl (C=O) groups is 1. The van der Waals surface area contributed by atoms with Crippen LogP contribution in [0.5, 0.6) is 0 Å². The lowest BCUT2D eigenvalue weighted by Crippen LogP contribution is -1.96. The minimum absolute atomic E-state index is 0.170. The predicted octanol–water partition coefficient (Wildman–Crippen LogP) is 3.82. The number of carboxylic acid groups (broad SMARTS) is 1. The molecular formula is C16H12N4O3. The molecule has 0 aliphatic rings. The molecule has 0 aliphatic carbocycles. The zero-order valence-electron chi connectivity index (χ0n) is 12.2. The van der Waals surface area contributed by atoms with Gasteiger partial charge in [0.05, 0.1) is 11.3 Å². The van der Waals surface area contributed by atoms with E-state index in [0.717, 1.165) is 11.3 Å². The molecule has 0 saturated heterocycles. The Balaban J connectivity index is 1.91. The minimum atomic E-state index is -1.00. The lowest BCUT2D eigenvalue weighted by Gasteiger charge is -1.97. The van der Waals surface area contributed by atoms with Gasteiger partial charge in [0, 0.05) is 18.2 Å². The van der Waals surface area contributed by atoms with Gasteiger partial charge in [-0.25, -0.2) is 4.79 Å². The molecule has 23 heavy (non-hydrogen) atoms. The van der Waals surface area contributed by atoms with Crippen LogP contribution in [0.4, 0.5) is 5.69 Å². The molecule has 1 heterocycles. The first-order valence-electron chi connectivity index (χ1n) is 6.75. The van der Waals surface area contributed by atoms with Gasteiger partial charge >= 0.3 is 5.97 Å². The molecule has 0 aliphatic heterocycles. The van der Waals surface area contributed by atoms with Crippen molar-refractivity contribution in [1.29, 1.82) is 0 Å². The first-order chi connectivity index (χ1) is 11.2. The summed E-state index contributed by atoms with van der Waals surface area (Å²) in [7, 11) is 1.60. The zero-order valence-corrected chi connectivity index (χ0v) is 12.2. The van der Waals surface area contributed by atoms with Gasteiger partial charge in [-0.15, -0.1) is 0 Å². The Kier molecular flexibility index (Phi) is 3.92. The topological polar surface area (TPSA) is 101 Å². The average molecular weight is 308 g/mol. The van der Waals surface area contributed by atoms with Gasteiger partial charge in [0.2, 0.25) is 5.82 Å². The highest BCUT2D eigenvalue weighted by atomic mass is 16.5. The number of rotatable bonds is 4. The van der Waals surface area contributed by atoms with Crippen LogP contribution < -0.4 is 0 Å². The van der Waals surface area contributed by atoms with Gasteiger partial charge in [-0.05, 0) is 36.4 Å². The summed E-state index contributed by atoms with van der Waals surface area (Å²) in [5.74, 6) is -0.322. The third kappa shape index (κ3) is 3.13. The van der Waals surface area contributed by atoms with E-state index in [4.69, 9.17) is 9.63 Å². The summed E-state index contributed by atoms with van der Waals surface area (Å²) in [5, 5.41) is 20.6. The quantitative estimate of drug-likeness (QED) is 0.738. The van der Waals surface area contributed by atoms with Crippen LogP contribution in [0, 0.1) is 0 Å². The Morgan fingerprint density at radius 3 is 2.61 bits per heavy atom. The van der Waals surface area contributed by atoms with Crippen molar-refractivity contribution >= 4 is 11.7 Å². The summed E-state index contributed by atoms with van der Waals surface area (Å²) in [5.41, 5.74) is 2.22. The summed E-state index contributed by atoms with van der Waals surface area (Å²) in [6.07, 6.45) is 0. The van der Waals surface area contributed by atoms with Crippen molar-refractivity contribution < 1.29 is 14.4 Å². The molecule has 0 saturated carbocycles. The standard InChI is InChI=1S/C16H12N4O3/c1-17-19-13-7-5-10(6-8-13)15-18-14(20-23-15)11-3-2-4-12(9-11)16(21)22/h2-9H,1H3,(H,21,22). The number of hydrogen-bond donors (Lipinski definition) is 1. The van der Waals surface area contributed by atoms with Crippen LogP contribution in [0.15, 0.2) is 63.3 Å². The van der Waals surface area contributed by atoms with Crippen molar-refractivity contribution in [3.63, 3.8) is 0 Å². The lowest BCUT2D eigenvalue weighted by molar-refractivity contribution is 0.0697. The number of hydrogen-bond acceptors (Lipinski definition) is 6. The number of azo groups is 1. The van der Waals surface area contributed by atoms with Crippen LogP contribution in [-0.4, -0.2) is 28.3 Å². The Morgan fingerprint density at radius 1 is 1.13 bits per heavy atom. The summed E-state index contributed by atoms with van der Waals surface area (Å²) in [4.78, 5) is 15.3. The highest BCUT2D eigenvalue weighted by Gasteiger charge is 2.12. The van der Waals surface area contributed by atoms with E-state index in [1.54, 1.807) is 43.4 Å². The maximum Gasteiger partial charge on any atom is 0.335 e. The molecule has 0 amide bonds. The largest absolute Gasteiger partial charge is 0.478 e. The smallest absolute Gasteiger partial charge is 0.335 e. The molecular weight excluding hydrogens is 296 g/mol. The van der Waals surface area contributed by atoms with E-state index in [9.17, 15) is 4.79 Å². The molecule has 1 N–H and O–H groups in total. The highest BCUT2D eigenvalue weighted by molar-refractivity contribution is 5.89. The predicted molar refractivity (Wildman–Crippen MR) is 82.6 cm³/mol. The molecule has 7 heteroatoms. The fourth-order valence-corrected chi connectivity index (χ4v) is 2.04. The van der Waals surface area contributed by atoms with Crippen molar-refractivity contribution in [2.45, 2.75) is 0 Å². The van der Waals surface area contributed by atoms with Crippen LogP contribution in [0.25, 0.3) is 22.8 Å². The lowest BCUT2D eigenvalue weighted by atomic mass is 10.1. The Hall–Kier alpha value is -3.35. The first kappa shape index (κ1) is 14.6. The van der Waals surface area contributed by atoms with E-state index >= 15 is 0 Å². The average Bonchev–Trinajstić information content (AvgIpc) is 3.06. The molecule has 1 aromatic heterocycles. The summed E-state index contributed by atoms with van der Waals surface area (Å²) in [6, 6.07) is 13.6. The van der Waals surface area contributed by atoms with Crippen molar-refractivity contribution in [3.05, 3.63) is 54.1 Å². The van der Waals surface area contributed by atoms with Crippen LogP contribution in [0.2, 0.25) is 0 Å². The van der Waals surface area contributed by atoms with Gasteiger partial charge in [-0.1, -0.05) is 17.3 Å². The summed E-state index contributed by atoms with van der Waals surface area (Å²) in [6.45, 7) is 0. The summed E-state index contributed by atoms with van der Waals surface area (Å²) >= 11 is 0. The van der Waals surface area contributed by atoms with Crippen molar-refractivity contribution in [2.75, 3.05) is 7.05 Å². The Labute approximate surface area is 131 Å². The second kappa shape index (κ2) is 6.18. The van der Waals surface area contributed by atoms with Gasteiger partial charge in [-0.2, -0.15) is 15.2 Å². The third-order valence-electron chi connectivity index (χ3n) is 3.12. The van der Waals surface area contributed by atoms with Gasteiger partial charge in [0.1, 0.15) is 0 Å². The SMILES string of the molecule is CN=Nc1ccc(-c2nc(-c3cccc(C(=O)O)c3)no2)cc1. The van der Waals surface area contributed by atoms with Crippen LogP contribution >= 0.6 is 0 Å². The molecule has 0 atom stereocenters. The number of aromatic carboxylic acids is 1. The minimum Gasteiger partial charge on any atom is -0.478 e. The zero-order chi connectivity index (χ0) is 16.2. The van der Waals surface area contributed by atoms with E-state index in [0.29, 0.717) is 17.3 Å². The molecule has 3 aromatic rings. The molecule has 2 aromatic carbocycles. The number of nitrogens with zero attached hydrogens (tertiary/aromatic N) is 4. The normalized spacial score (nSPS) is 11.0. The maximum absolute atomic E-state index is 11.0. The maximum atomic E-state index is 11.0. The fraction of sp³-hybridized carbons (Fsp3) is 0.0625. The molecule has 7 nitrogen and oxygen atoms in total. The van der Waals surface area contributed by atoms with Gasteiger partial charge < -0.3 is 9.63 Å². The second-order valence-electron chi connectivity index (χ2n) is 4.66. The molecule has 0 bridgehead atoms. The van der Waals surface area contributed by atoms with Crippen molar-refractivity contribution in [2.24, 2.45) is 10.2 Å². The van der Waals surface area contributed by atoms with E-state index in [-0.39, 0.29) is 5.56 Å². The van der Waals surface area contributed by atoms with E-state index in [1.807, 2.05) is 0 Å². The van der Waals surface area contributed by atoms with E-state index in [1.165, 1.54) is 12.1 Å². The molecule has 114 valence electrons. The molecule has 0 fully saturated rings. The van der Waals surface area contributed by atoms with Crippen LogP contribution in [0.3, 0.4) is 0 Å². The fourth-order valence-electron chi connectivity index (χ4n) is 2.04. The van der Waals surface area contributed by atoms with Crippen molar-refractivity contribution in [3.8, 4) is 22.8 Å². The molecule has 0 radical (unpaired) electrons. The van der Waals surface area contributed by atoms with E-state index in [2.05, 4.69) is 20.4 Å². The molecule has 0 spiro atoms. The van der Waals surface area contributed by atoms with Gasteiger partial charge in [0.15, 0.2) is 0 Å². The monoisotopic (exact) mass is 308 g/mol. The number of benzene rings is 2. The Morgan fingerprint density at radius 2 is 1.91 bits per heavy atom. The first-order valence-corrected chi connectivity index (χ1v) is 6.75. The second-order valence-corrected chi connectivity index (χ2v) is 4.66.